The maximum atomic E-state index is 14.3. The minimum Gasteiger partial charge on any atom is -0.390 e. The van der Waals surface area contributed by atoms with Crippen molar-refractivity contribution in [3.05, 3.63) is 89.5 Å². The Morgan fingerprint density at radius 3 is 2.30 bits per heavy atom. The van der Waals surface area contributed by atoms with E-state index in [-0.39, 0.29) is 42.8 Å². The molecule has 0 saturated carbocycles. The summed E-state index contributed by atoms with van der Waals surface area (Å²) in [6.45, 7) is 13.5. The lowest BCUT2D eigenvalue weighted by molar-refractivity contribution is -0.132. The van der Waals surface area contributed by atoms with E-state index in [0.717, 1.165) is 46.0 Å². The average Bonchev–Trinajstić information content (AvgIpc) is 3.54. The number of hydrogen-bond donors (Lipinski definition) is 5. The minimum absolute atomic E-state index is 0.00775. The number of nitrogens with zero attached hydrogens (tertiary/aromatic N) is 3. The quantitative estimate of drug-likeness (QED) is 0.0730. The first-order valence-electron chi connectivity index (χ1n) is 19.3. The number of anilines is 1. The fraction of sp³-hybridized carbons (Fsp3) is 0.500. The first-order chi connectivity index (χ1) is 26.4. The molecule has 2 amide bonds. The second kappa shape index (κ2) is 20.5. The number of amides is 2. The topological polar surface area (TPSA) is 156 Å². The Morgan fingerprint density at radius 2 is 1.64 bits per heavy atom. The van der Waals surface area contributed by atoms with Crippen LogP contribution in [0.5, 0.6) is 0 Å². The van der Waals surface area contributed by atoms with E-state index in [2.05, 4.69) is 31.2 Å². The van der Waals surface area contributed by atoms with Crippen LogP contribution in [0.3, 0.4) is 0 Å². The second-order valence-corrected chi connectivity index (χ2v) is 19.2. The standard InChI is InChI=1S/C42H61N7O5S2/c1-29(2)27-49(56(53,54)33-18-19-34-37(24-33)55-41(46-34)44-20-13-21-48(7)8)28-36(50)35(23-31-15-10-9-11-16-31)45-40(52)39(42(4,5)6)47-38(51)26-43-25-32-17-12-14-30(3)22-32/h9-12,14-19,22,24,29,35-36,39,43,50H,13,20-21,23,25-28H2,1-8H3,(H,44,46)(H,45,52)(H,47,51)/t35-,36+,39?/m0/s1. The number of rotatable bonds is 21. The van der Waals surface area contributed by atoms with Crippen LogP contribution in [0.25, 0.3) is 10.2 Å². The number of thiazole rings is 1. The molecular formula is C42H61N7O5S2. The average molecular weight is 808 g/mol. The van der Waals surface area contributed by atoms with E-state index in [4.69, 9.17) is 0 Å². The van der Waals surface area contributed by atoms with Gasteiger partial charge in [-0.15, -0.1) is 0 Å². The number of aliphatic hydroxyl groups is 1. The van der Waals surface area contributed by atoms with Gasteiger partial charge in [0, 0.05) is 26.2 Å². The van der Waals surface area contributed by atoms with E-state index >= 15 is 0 Å². The molecule has 0 spiro atoms. The van der Waals surface area contributed by atoms with Gasteiger partial charge in [-0.3, -0.25) is 9.59 Å². The number of sulfonamides is 1. The largest absolute Gasteiger partial charge is 0.390 e. The van der Waals surface area contributed by atoms with E-state index < -0.39 is 39.5 Å². The lowest BCUT2D eigenvalue weighted by Gasteiger charge is -2.34. The molecule has 1 unspecified atom stereocenters. The molecule has 0 aliphatic carbocycles. The van der Waals surface area contributed by atoms with Crippen molar-refractivity contribution in [2.24, 2.45) is 11.3 Å². The summed E-state index contributed by atoms with van der Waals surface area (Å²) in [5, 5.41) is 25.0. The van der Waals surface area contributed by atoms with Gasteiger partial charge in [0.15, 0.2) is 5.13 Å². The molecule has 0 fully saturated rings. The molecule has 0 radical (unpaired) electrons. The van der Waals surface area contributed by atoms with Gasteiger partial charge >= 0.3 is 0 Å². The van der Waals surface area contributed by atoms with Gasteiger partial charge in [-0.2, -0.15) is 4.31 Å². The normalized spacial score (nSPS) is 13.9. The minimum atomic E-state index is -4.08. The molecule has 5 N–H and O–H groups in total. The lowest BCUT2D eigenvalue weighted by Crippen LogP contribution is -2.59. The fourth-order valence-electron chi connectivity index (χ4n) is 6.34. The van der Waals surface area contributed by atoms with Crippen LogP contribution in [0.1, 0.15) is 57.7 Å². The first kappa shape index (κ1) is 44.8. The zero-order valence-corrected chi connectivity index (χ0v) is 35.8. The lowest BCUT2D eigenvalue weighted by atomic mass is 9.85. The molecule has 0 saturated heterocycles. The maximum absolute atomic E-state index is 14.3. The van der Waals surface area contributed by atoms with Gasteiger partial charge in [0.1, 0.15) is 6.04 Å². The monoisotopic (exact) mass is 807 g/mol. The predicted octanol–water partition coefficient (Wildman–Crippen LogP) is 5.02. The van der Waals surface area contributed by atoms with Gasteiger partial charge in [-0.1, -0.05) is 106 Å². The number of aryl methyl sites for hydroxylation is 1. The number of fused-ring (bicyclic) bond motifs is 1. The van der Waals surface area contributed by atoms with Gasteiger partial charge in [0.25, 0.3) is 0 Å². The van der Waals surface area contributed by atoms with Crippen molar-refractivity contribution in [1.82, 2.24) is 30.1 Å². The highest BCUT2D eigenvalue weighted by Gasteiger charge is 2.36. The Kier molecular flexibility index (Phi) is 16.4. The smallest absolute Gasteiger partial charge is 0.243 e. The second-order valence-electron chi connectivity index (χ2n) is 16.3. The van der Waals surface area contributed by atoms with Gasteiger partial charge in [0.05, 0.1) is 33.8 Å². The van der Waals surface area contributed by atoms with Crippen molar-refractivity contribution in [3.8, 4) is 0 Å². The van der Waals surface area contributed by atoms with Crippen molar-refractivity contribution in [1.29, 1.82) is 0 Å². The van der Waals surface area contributed by atoms with Crippen LogP contribution in [0, 0.1) is 18.3 Å². The third-order valence-corrected chi connectivity index (χ3v) is 12.0. The number of benzene rings is 3. The molecular weight excluding hydrogens is 747 g/mol. The molecule has 1 heterocycles. The molecule has 0 aliphatic rings. The number of carbonyl (C=O) groups is 2. The Bertz CT molecular complexity index is 1980. The van der Waals surface area contributed by atoms with E-state index in [9.17, 15) is 23.1 Å². The van der Waals surface area contributed by atoms with Crippen LogP contribution in [0.2, 0.25) is 0 Å². The Balaban J connectivity index is 1.52. The highest BCUT2D eigenvalue weighted by Crippen LogP contribution is 2.30. The first-order valence-corrected chi connectivity index (χ1v) is 21.6. The summed E-state index contributed by atoms with van der Waals surface area (Å²) >= 11 is 1.40. The third kappa shape index (κ3) is 13.6. The van der Waals surface area contributed by atoms with Crippen molar-refractivity contribution in [3.63, 3.8) is 0 Å². The van der Waals surface area contributed by atoms with E-state index in [1.54, 1.807) is 18.2 Å². The summed E-state index contributed by atoms with van der Waals surface area (Å²) < 4.78 is 30.7. The molecule has 4 aromatic rings. The van der Waals surface area contributed by atoms with Crippen molar-refractivity contribution >= 4 is 48.5 Å². The molecule has 306 valence electrons. The van der Waals surface area contributed by atoms with Crippen LogP contribution in [0.15, 0.2) is 77.7 Å². The van der Waals surface area contributed by atoms with Gasteiger partial charge < -0.3 is 31.3 Å². The zero-order valence-electron chi connectivity index (χ0n) is 34.1. The molecule has 4 rings (SSSR count). The van der Waals surface area contributed by atoms with Gasteiger partial charge in [0.2, 0.25) is 21.8 Å². The summed E-state index contributed by atoms with van der Waals surface area (Å²) in [5.41, 5.74) is 3.05. The molecule has 14 heteroatoms. The van der Waals surface area contributed by atoms with Crippen LogP contribution < -0.4 is 21.3 Å². The Labute approximate surface area is 337 Å². The molecule has 3 atom stereocenters. The van der Waals surface area contributed by atoms with Crippen LogP contribution in [-0.4, -0.2) is 105 Å². The van der Waals surface area contributed by atoms with Crippen molar-refractivity contribution < 1.29 is 23.1 Å². The molecule has 1 aromatic heterocycles. The van der Waals surface area contributed by atoms with E-state index in [1.165, 1.54) is 15.6 Å². The summed E-state index contributed by atoms with van der Waals surface area (Å²) in [7, 11) is -0.0218. The summed E-state index contributed by atoms with van der Waals surface area (Å²) in [6.07, 6.45) is -0.104. The maximum Gasteiger partial charge on any atom is 0.243 e. The van der Waals surface area contributed by atoms with E-state index in [0.29, 0.717) is 12.1 Å². The van der Waals surface area contributed by atoms with Gasteiger partial charge in [-0.05, 0) is 81.1 Å². The number of hydrogen-bond acceptors (Lipinski definition) is 10. The van der Waals surface area contributed by atoms with Crippen LogP contribution >= 0.6 is 11.3 Å². The summed E-state index contributed by atoms with van der Waals surface area (Å²) in [4.78, 5) is 34.1. The highest BCUT2D eigenvalue weighted by atomic mass is 32.2. The van der Waals surface area contributed by atoms with Crippen LogP contribution in [0.4, 0.5) is 5.13 Å². The molecule has 0 aliphatic heterocycles. The predicted molar refractivity (Wildman–Crippen MR) is 227 cm³/mol. The fourth-order valence-corrected chi connectivity index (χ4v) is 9.00. The molecule has 3 aromatic carbocycles. The number of aromatic nitrogens is 1. The number of aliphatic hydroxyl groups excluding tert-OH is 1. The van der Waals surface area contributed by atoms with E-state index in [1.807, 2.05) is 110 Å². The highest BCUT2D eigenvalue weighted by molar-refractivity contribution is 7.89. The number of nitrogens with one attached hydrogen (secondary N) is 4. The summed E-state index contributed by atoms with van der Waals surface area (Å²) in [6, 6.07) is 20.5. The third-order valence-electron chi connectivity index (χ3n) is 9.24. The zero-order chi connectivity index (χ0) is 41.0. The molecule has 56 heavy (non-hydrogen) atoms. The van der Waals surface area contributed by atoms with Crippen LogP contribution in [-0.2, 0) is 32.6 Å². The Hall–Kier alpha value is -3.92. The SMILES string of the molecule is Cc1cccc(CNCC(=O)NC(C(=O)N[C@@H](Cc2ccccc2)[C@H](O)CN(CC(C)C)S(=O)(=O)c2ccc3nc(NCCCN(C)C)sc3c2)C(C)(C)C)c1. The molecule has 0 bridgehead atoms. The van der Waals surface area contributed by atoms with Crippen molar-refractivity contribution in [2.45, 2.75) is 84.0 Å². The molecule has 12 nitrogen and oxygen atoms in total. The van der Waals surface area contributed by atoms with Crippen molar-refractivity contribution in [2.75, 3.05) is 52.1 Å². The summed E-state index contributed by atoms with van der Waals surface area (Å²) in [5.74, 6) is -0.860. The number of carbonyl (C=O) groups excluding carboxylic acids is 2. The van der Waals surface area contributed by atoms with Gasteiger partial charge in [-0.25, -0.2) is 13.4 Å². The Morgan fingerprint density at radius 1 is 0.929 bits per heavy atom.